The van der Waals surface area contributed by atoms with Crippen LogP contribution < -0.4 is 5.32 Å². The Morgan fingerprint density at radius 2 is 1.53 bits per heavy atom. The van der Waals surface area contributed by atoms with Gasteiger partial charge in [-0.3, -0.25) is 0 Å². The molecule has 0 aliphatic rings. The zero-order chi connectivity index (χ0) is 11.4. The van der Waals surface area contributed by atoms with Crippen molar-refractivity contribution in [1.82, 2.24) is 5.32 Å². The third-order valence-electron chi connectivity index (χ3n) is 2.88. The molecule has 15 heavy (non-hydrogen) atoms. The van der Waals surface area contributed by atoms with Crippen molar-refractivity contribution in [3.05, 3.63) is 34.9 Å². The fourth-order valence-corrected chi connectivity index (χ4v) is 1.56. The smallest absolute Gasteiger partial charge is 0.0406 e. The summed E-state index contributed by atoms with van der Waals surface area (Å²) in [5.74, 6) is 0.653. The molecule has 0 saturated heterocycles. The minimum Gasteiger partial charge on any atom is -0.307 e. The lowest BCUT2D eigenvalue weighted by atomic mass is 10.0. The molecule has 0 amide bonds. The SMILES string of the molecule is CC(C)[C@H](C)N[C@@H](C)c1ccc(Cl)cc1. The first-order valence-electron chi connectivity index (χ1n) is 5.52. The maximum absolute atomic E-state index is 5.85. The quantitative estimate of drug-likeness (QED) is 0.816. The average Bonchev–Trinajstić information content (AvgIpc) is 2.18. The molecule has 0 aromatic heterocycles. The van der Waals surface area contributed by atoms with Crippen LogP contribution in [0.1, 0.15) is 39.3 Å². The normalized spacial score (nSPS) is 15.3. The van der Waals surface area contributed by atoms with Crippen LogP contribution in [0.25, 0.3) is 0 Å². The lowest BCUT2D eigenvalue weighted by molar-refractivity contribution is 0.389. The number of hydrogen-bond acceptors (Lipinski definition) is 1. The van der Waals surface area contributed by atoms with E-state index in [4.69, 9.17) is 11.6 Å². The van der Waals surface area contributed by atoms with Gasteiger partial charge in [-0.25, -0.2) is 0 Å². The predicted octanol–water partition coefficient (Wildman–Crippen LogP) is 4.04. The first-order valence-corrected chi connectivity index (χ1v) is 5.90. The monoisotopic (exact) mass is 225 g/mol. The molecule has 0 radical (unpaired) electrons. The van der Waals surface area contributed by atoms with E-state index in [1.54, 1.807) is 0 Å². The first-order chi connectivity index (χ1) is 7.00. The fourth-order valence-electron chi connectivity index (χ4n) is 1.43. The number of halogens is 1. The van der Waals surface area contributed by atoms with Crippen molar-refractivity contribution in [2.45, 2.75) is 39.8 Å². The molecule has 0 heterocycles. The van der Waals surface area contributed by atoms with Crippen molar-refractivity contribution in [1.29, 1.82) is 0 Å². The molecule has 0 spiro atoms. The molecule has 0 aliphatic heterocycles. The van der Waals surface area contributed by atoms with Crippen LogP contribution in [0.3, 0.4) is 0 Å². The van der Waals surface area contributed by atoms with E-state index < -0.39 is 0 Å². The summed E-state index contributed by atoms with van der Waals surface area (Å²) in [5, 5.41) is 4.37. The van der Waals surface area contributed by atoms with E-state index in [1.165, 1.54) is 5.56 Å². The average molecular weight is 226 g/mol. The summed E-state index contributed by atoms with van der Waals surface area (Å²) in [6.07, 6.45) is 0. The van der Waals surface area contributed by atoms with Gasteiger partial charge in [0, 0.05) is 17.1 Å². The number of rotatable bonds is 4. The van der Waals surface area contributed by atoms with Crippen molar-refractivity contribution >= 4 is 11.6 Å². The van der Waals surface area contributed by atoms with Gasteiger partial charge in [0.25, 0.3) is 0 Å². The Balaban J connectivity index is 2.61. The van der Waals surface area contributed by atoms with Crippen LogP contribution in [-0.2, 0) is 0 Å². The maximum atomic E-state index is 5.85. The van der Waals surface area contributed by atoms with E-state index in [0.29, 0.717) is 18.0 Å². The number of benzene rings is 1. The highest BCUT2D eigenvalue weighted by molar-refractivity contribution is 6.30. The standard InChI is InChI=1S/C13H20ClN/c1-9(2)10(3)15-11(4)12-5-7-13(14)8-6-12/h5-11,15H,1-4H3/t10-,11-/m0/s1. The van der Waals surface area contributed by atoms with Gasteiger partial charge >= 0.3 is 0 Å². The zero-order valence-corrected chi connectivity index (χ0v) is 10.7. The molecule has 1 aromatic carbocycles. The van der Waals surface area contributed by atoms with Crippen LogP contribution >= 0.6 is 11.6 Å². The molecule has 1 aromatic rings. The fraction of sp³-hybridized carbons (Fsp3) is 0.538. The molecule has 1 rings (SSSR count). The topological polar surface area (TPSA) is 12.0 Å². The van der Waals surface area contributed by atoms with Crippen LogP contribution in [0.5, 0.6) is 0 Å². The Kier molecular flexibility index (Phi) is 4.62. The Hall–Kier alpha value is -0.530. The van der Waals surface area contributed by atoms with E-state index in [1.807, 2.05) is 12.1 Å². The number of hydrogen-bond donors (Lipinski definition) is 1. The highest BCUT2D eigenvalue weighted by Crippen LogP contribution is 2.17. The highest BCUT2D eigenvalue weighted by atomic mass is 35.5. The second-order valence-corrected chi connectivity index (χ2v) is 4.91. The van der Waals surface area contributed by atoms with Gasteiger partial charge in [0.1, 0.15) is 0 Å². The first kappa shape index (κ1) is 12.5. The van der Waals surface area contributed by atoms with E-state index in [-0.39, 0.29) is 0 Å². The third-order valence-corrected chi connectivity index (χ3v) is 3.13. The summed E-state index contributed by atoms with van der Waals surface area (Å²) in [6.45, 7) is 8.86. The zero-order valence-electron chi connectivity index (χ0n) is 9.92. The van der Waals surface area contributed by atoms with Gasteiger partial charge in [-0.2, -0.15) is 0 Å². The summed E-state index contributed by atoms with van der Waals surface area (Å²) >= 11 is 5.85. The van der Waals surface area contributed by atoms with Crippen molar-refractivity contribution < 1.29 is 0 Å². The molecule has 2 atom stereocenters. The van der Waals surface area contributed by atoms with Gasteiger partial charge in [0.15, 0.2) is 0 Å². The van der Waals surface area contributed by atoms with Crippen molar-refractivity contribution in [3.63, 3.8) is 0 Å². The van der Waals surface area contributed by atoms with Gasteiger partial charge in [0.05, 0.1) is 0 Å². The van der Waals surface area contributed by atoms with E-state index >= 15 is 0 Å². The predicted molar refractivity (Wildman–Crippen MR) is 67.3 cm³/mol. The van der Waals surface area contributed by atoms with Crippen molar-refractivity contribution in [2.24, 2.45) is 5.92 Å². The molecule has 0 unspecified atom stereocenters. The highest BCUT2D eigenvalue weighted by Gasteiger charge is 2.11. The Labute approximate surface area is 97.8 Å². The molecule has 0 aliphatic carbocycles. The molecule has 0 bridgehead atoms. The Morgan fingerprint density at radius 1 is 1.00 bits per heavy atom. The molecular weight excluding hydrogens is 206 g/mol. The molecule has 84 valence electrons. The van der Waals surface area contributed by atoms with Gasteiger partial charge < -0.3 is 5.32 Å². The van der Waals surface area contributed by atoms with Gasteiger partial charge in [0.2, 0.25) is 0 Å². The lowest BCUT2D eigenvalue weighted by Crippen LogP contribution is -2.32. The Morgan fingerprint density at radius 3 is 2.00 bits per heavy atom. The van der Waals surface area contributed by atoms with Crippen LogP contribution in [0.4, 0.5) is 0 Å². The largest absolute Gasteiger partial charge is 0.307 e. The molecule has 1 nitrogen and oxygen atoms in total. The summed E-state index contributed by atoms with van der Waals surface area (Å²) in [4.78, 5) is 0. The van der Waals surface area contributed by atoms with Gasteiger partial charge in [-0.15, -0.1) is 0 Å². The van der Waals surface area contributed by atoms with E-state index in [0.717, 1.165) is 5.02 Å². The lowest BCUT2D eigenvalue weighted by Gasteiger charge is -2.23. The molecule has 1 N–H and O–H groups in total. The van der Waals surface area contributed by atoms with Gasteiger partial charge in [-0.05, 0) is 37.5 Å². The van der Waals surface area contributed by atoms with Gasteiger partial charge in [-0.1, -0.05) is 37.6 Å². The summed E-state index contributed by atoms with van der Waals surface area (Å²) in [7, 11) is 0. The summed E-state index contributed by atoms with van der Waals surface area (Å²) < 4.78 is 0. The van der Waals surface area contributed by atoms with Crippen LogP contribution in [0.2, 0.25) is 5.02 Å². The molecular formula is C13H20ClN. The minimum absolute atomic E-state index is 0.375. The van der Waals surface area contributed by atoms with Crippen molar-refractivity contribution in [2.75, 3.05) is 0 Å². The third kappa shape index (κ3) is 3.84. The van der Waals surface area contributed by atoms with Crippen LogP contribution in [-0.4, -0.2) is 6.04 Å². The molecule has 0 fully saturated rings. The Bertz CT molecular complexity index is 292. The number of nitrogens with one attached hydrogen (secondary N) is 1. The second-order valence-electron chi connectivity index (χ2n) is 4.47. The summed E-state index contributed by atoms with van der Waals surface area (Å²) in [5.41, 5.74) is 1.28. The van der Waals surface area contributed by atoms with Crippen LogP contribution in [0.15, 0.2) is 24.3 Å². The van der Waals surface area contributed by atoms with E-state index in [9.17, 15) is 0 Å². The minimum atomic E-state index is 0.375. The van der Waals surface area contributed by atoms with Crippen molar-refractivity contribution in [3.8, 4) is 0 Å². The van der Waals surface area contributed by atoms with E-state index in [2.05, 4.69) is 45.1 Å². The maximum Gasteiger partial charge on any atom is 0.0406 e. The second kappa shape index (κ2) is 5.53. The van der Waals surface area contributed by atoms with Crippen LogP contribution in [0, 0.1) is 5.92 Å². The summed E-state index contributed by atoms with van der Waals surface area (Å²) in [6, 6.07) is 8.93. The molecule has 2 heteroatoms. The molecule has 0 saturated carbocycles.